The number of hydrogen-bond donors (Lipinski definition) is 2. The molecule has 1 aromatic carbocycles. The van der Waals surface area contributed by atoms with E-state index < -0.39 is 6.04 Å². The number of rotatable bonds is 11. The molecule has 244 valence electrons. The number of anilines is 1. The number of allylic oxidation sites excluding steroid dienone is 2. The van der Waals surface area contributed by atoms with Crippen molar-refractivity contribution < 1.29 is 14.3 Å². The van der Waals surface area contributed by atoms with Crippen LogP contribution in [0.5, 0.6) is 0 Å². The van der Waals surface area contributed by atoms with Gasteiger partial charge in [0.25, 0.3) is 5.91 Å². The van der Waals surface area contributed by atoms with Crippen molar-refractivity contribution in [2.24, 2.45) is 34.2 Å². The molecule has 7 rings (SSSR count). The number of morpholine rings is 1. The highest BCUT2D eigenvalue weighted by Gasteiger charge is 2.55. The van der Waals surface area contributed by atoms with Crippen LogP contribution in [0.1, 0.15) is 84.6 Å². The zero-order valence-corrected chi connectivity index (χ0v) is 27.8. The van der Waals surface area contributed by atoms with Crippen LogP contribution >= 0.6 is 0 Å². The third-order valence-electron chi connectivity index (χ3n) is 11.1. The molecule has 5 fully saturated rings. The molecule has 1 saturated heterocycles. The summed E-state index contributed by atoms with van der Waals surface area (Å²) in [6.45, 7) is 13.4. The quantitative estimate of drug-likeness (QED) is 0.244. The van der Waals surface area contributed by atoms with Crippen LogP contribution in [0.25, 0.3) is 6.08 Å². The van der Waals surface area contributed by atoms with Crippen LogP contribution in [-0.2, 0) is 14.3 Å². The molecule has 1 aliphatic heterocycles. The molecule has 8 heteroatoms. The van der Waals surface area contributed by atoms with Gasteiger partial charge in [-0.25, -0.2) is 5.43 Å². The Hall–Kier alpha value is -3.13. The Morgan fingerprint density at radius 1 is 1.00 bits per heavy atom. The second kappa shape index (κ2) is 13.7. The summed E-state index contributed by atoms with van der Waals surface area (Å²) >= 11 is 0. The zero-order chi connectivity index (χ0) is 31.6. The van der Waals surface area contributed by atoms with Crippen molar-refractivity contribution in [3.05, 3.63) is 46.7 Å². The van der Waals surface area contributed by atoms with Crippen molar-refractivity contribution in [3.63, 3.8) is 0 Å². The molecule has 8 nitrogen and oxygen atoms in total. The smallest absolute Gasteiger partial charge is 0.262 e. The first-order valence-electron chi connectivity index (χ1n) is 17.5. The monoisotopic (exact) mass is 615 g/mol. The average molecular weight is 616 g/mol. The molecule has 1 heterocycles. The van der Waals surface area contributed by atoms with E-state index in [1.165, 1.54) is 41.8 Å². The number of nitrogens with zero attached hydrogens (tertiary/aromatic N) is 3. The number of benzene rings is 1. The van der Waals surface area contributed by atoms with E-state index in [9.17, 15) is 9.59 Å². The number of carbonyl (C=O) groups is 2. The van der Waals surface area contributed by atoms with Crippen molar-refractivity contribution in [2.45, 2.75) is 85.1 Å². The molecular weight excluding hydrogens is 562 g/mol. The van der Waals surface area contributed by atoms with Gasteiger partial charge in [0.15, 0.2) is 0 Å². The number of hydrazone groups is 1. The summed E-state index contributed by atoms with van der Waals surface area (Å²) < 4.78 is 5.66. The first-order chi connectivity index (χ1) is 21.8. The van der Waals surface area contributed by atoms with E-state index in [1.54, 1.807) is 0 Å². The molecule has 1 aromatic rings. The number of ether oxygens (including phenoxy) is 1. The summed E-state index contributed by atoms with van der Waals surface area (Å²) in [5.74, 6) is 1.87. The van der Waals surface area contributed by atoms with Gasteiger partial charge in [0.1, 0.15) is 6.04 Å². The molecule has 4 bridgehead atoms. The van der Waals surface area contributed by atoms with Crippen molar-refractivity contribution >= 4 is 29.8 Å². The van der Waals surface area contributed by atoms with Gasteiger partial charge in [-0.1, -0.05) is 26.0 Å². The average Bonchev–Trinajstić information content (AvgIpc) is 3.42. The lowest BCUT2D eigenvalue weighted by Crippen LogP contribution is -2.58. The van der Waals surface area contributed by atoms with Crippen molar-refractivity contribution in [2.75, 3.05) is 44.3 Å². The van der Waals surface area contributed by atoms with Gasteiger partial charge >= 0.3 is 0 Å². The molecule has 2 amide bonds. The second-order valence-corrected chi connectivity index (χ2v) is 14.5. The maximum Gasteiger partial charge on any atom is 0.262 e. The molecule has 1 atom stereocenters. The first-order valence-corrected chi connectivity index (χ1v) is 17.5. The van der Waals surface area contributed by atoms with E-state index in [1.807, 2.05) is 20.1 Å². The van der Waals surface area contributed by atoms with Crippen molar-refractivity contribution in [1.82, 2.24) is 15.6 Å². The predicted molar refractivity (Wildman–Crippen MR) is 181 cm³/mol. The molecule has 0 spiro atoms. The summed E-state index contributed by atoms with van der Waals surface area (Å²) in [4.78, 5) is 31.9. The summed E-state index contributed by atoms with van der Waals surface area (Å²) in [7, 11) is 0. The standard InChI is InChI=1S/C37H53N5O3/c1-5-41(6-2)32-11-7-26(8-12-32)20-30-9-10-31(34(30)42-13-15-45-16-14-42)24-38-40-35(43)33(25(3)4)39-36(44)37-21-27-17-28(22-37)19-29(18-27)23-37/h7-8,11-12,20,24-25,27-29,33H,5-6,9-10,13-19,21-23H2,1-4H3,(H,39,44)(H,40,43)/b30-20-,38-24+. The number of hydrogen-bond acceptors (Lipinski definition) is 6. The fraction of sp³-hybridized carbons (Fsp3) is 0.649. The summed E-state index contributed by atoms with van der Waals surface area (Å²) in [5.41, 5.74) is 8.59. The number of amides is 2. The predicted octanol–water partition coefficient (Wildman–Crippen LogP) is 5.76. The number of carbonyl (C=O) groups excluding carboxylic acids is 2. The molecule has 0 aromatic heterocycles. The summed E-state index contributed by atoms with van der Waals surface area (Å²) in [6.07, 6.45) is 12.8. The van der Waals surface area contributed by atoms with E-state index >= 15 is 0 Å². The van der Waals surface area contributed by atoms with Gasteiger partial charge in [0, 0.05) is 43.0 Å². The van der Waals surface area contributed by atoms with Crippen LogP contribution in [0.2, 0.25) is 0 Å². The van der Waals surface area contributed by atoms with Crippen LogP contribution in [0.3, 0.4) is 0 Å². The van der Waals surface area contributed by atoms with Gasteiger partial charge in [-0.15, -0.1) is 0 Å². The Morgan fingerprint density at radius 3 is 2.20 bits per heavy atom. The van der Waals surface area contributed by atoms with Gasteiger partial charge in [-0.2, -0.15) is 5.10 Å². The van der Waals surface area contributed by atoms with Gasteiger partial charge in [-0.3, -0.25) is 9.59 Å². The van der Waals surface area contributed by atoms with E-state index in [4.69, 9.17) is 4.74 Å². The third kappa shape index (κ3) is 6.86. The summed E-state index contributed by atoms with van der Waals surface area (Å²) in [5, 5.41) is 7.66. The zero-order valence-electron chi connectivity index (χ0n) is 27.8. The van der Waals surface area contributed by atoms with Crippen LogP contribution < -0.4 is 15.6 Å². The van der Waals surface area contributed by atoms with Crippen LogP contribution in [0, 0.1) is 29.1 Å². The molecular formula is C37H53N5O3. The minimum absolute atomic E-state index is 0.0321. The molecule has 0 radical (unpaired) electrons. The maximum absolute atomic E-state index is 13.7. The van der Waals surface area contributed by atoms with Gasteiger partial charge < -0.3 is 19.9 Å². The highest BCUT2D eigenvalue weighted by atomic mass is 16.5. The molecule has 4 saturated carbocycles. The van der Waals surface area contributed by atoms with Gasteiger partial charge in [0.05, 0.1) is 19.4 Å². The minimum atomic E-state index is -0.603. The second-order valence-electron chi connectivity index (χ2n) is 14.5. The van der Waals surface area contributed by atoms with Crippen molar-refractivity contribution in [1.29, 1.82) is 0 Å². The third-order valence-corrected chi connectivity index (χ3v) is 11.1. The fourth-order valence-electron chi connectivity index (χ4n) is 9.20. The summed E-state index contributed by atoms with van der Waals surface area (Å²) in [6, 6.07) is 8.21. The van der Waals surface area contributed by atoms with Crippen molar-refractivity contribution in [3.8, 4) is 0 Å². The SMILES string of the molecule is CCN(CC)c1ccc(/C=C2/CCC(/C=N/NC(=O)C(NC(=O)C34CC5CC(CC(C5)C3)C4)C(C)C)=C2N2CCOCC2)cc1. The van der Waals surface area contributed by atoms with E-state index in [0.717, 1.165) is 63.9 Å². The normalized spacial score (nSPS) is 29.2. The molecule has 45 heavy (non-hydrogen) atoms. The van der Waals surface area contributed by atoms with E-state index in [-0.39, 0.29) is 23.1 Å². The maximum atomic E-state index is 13.7. The van der Waals surface area contributed by atoms with Gasteiger partial charge in [-0.05, 0) is 124 Å². The molecule has 6 aliphatic rings. The largest absolute Gasteiger partial charge is 0.378 e. The molecule has 5 aliphatic carbocycles. The van der Waals surface area contributed by atoms with Gasteiger partial charge in [0.2, 0.25) is 5.91 Å². The highest BCUT2D eigenvalue weighted by Crippen LogP contribution is 2.60. The fourth-order valence-corrected chi connectivity index (χ4v) is 9.20. The molecule has 2 N–H and O–H groups in total. The van der Waals surface area contributed by atoms with Crippen LogP contribution in [-0.4, -0.2) is 68.4 Å². The first kappa shape index (κ1) is 31.8. The molecule has 1 unspecified atom stereocenters. The lowest BCUT2D eigenvalue weighted by Gasteiger charge is -2.55. The van der Waals surface area contributed by atoms with Crippen LogP contribution in [0.15, 0.2) is 46.2 Å². The van der Waals surface area contributed by atoms with E-state index in [2.05, 4.69) is 69.8 Å². The topological polar surface area (TPSA) is 86.3 Å². The Kier molecular flexibility index (Phi) is 9.69. The Balaban J connectivity index is 1.15. The minimum Gasteiger partial charge on any atom is -0.378 e. The number of nitrogens with one attached hydrogen (secondary N) is 2. The lowest BCUT2D eigenvalue weighted by molar-refractivity contribution is -0.149. The Labute approximate surface area is 269 Å². The Morgan fingerprint density at radius 2 is 1.62 bits per heavy atom. The lowest BCUT2D eigenvalue weighted by atomic mass is 9.49. The van der Waals surface area contributed by atoms with E-state index in [0.29, 0.717) is 31.0 Å². The van der Waals surface area contributed by atoms with Crippen LogP contribution in [0.4, 0.5) is 5.69 Å². The highest BCUT2D eigenvalue weighted by molar-refractivity contribution is 5.91. The Bertz CT molecular complexity index is 1280.